The van der Waals surface area contributed by atoms with E-state index in [4.69, 9.17) is 17.3 Å². The van der Waals surface area contributed by atoms with Gasteiger partial charge in [-0.1, -0.05) is 33.6 Å². The topological polar surface area (TPSA) is 55.1 Å². The average molecular weight is 382 g/mol. The van der Waals surface area contributed by atoms with Crippen molar-refractivity contribution in [3.05, 3.63) is 56.8 Å². The third-order valence-corrected chi connectivity index (χ3v) is 4.89. The number of hydrogen-bond donors (Lipinski definition) is 2. The normalized spacial score (nSPS) is 10.8. The van der Waals surface area contributed by atoms with Crippen molar-refractivity contribution in [2.75, 3.05) is 11.1 Å². The SMILES string of the molecule is Nc1c(C(=O)Nc2cccc(Br)c2)sc2ccc(Cl)cc12. The summed E-state index contributed by atoms with van der Waals surface area (Å²) in [6.45, 7) is 0. The average Bonchev–Trinajstić information content (AvgIpc) is 2.76. The predicted molar refractivity (Wildman–Crippen MR) is 93.3 cm³/mol. The molecular weight excluding hydrogens is 372 g/mol. The molecule has 1 heterocycles. The van der Waals surface area contributed by atoms with Gasteiger partial charge in [-0.25, -0.2) is 0 Å². The molecule has 1 aromatic heterocycles. The van der Waals surface area contributed by atoms with Crippen molar-refractivity contribution in [1.29, 1.82) is 0 Å². The van der Waals surface area contributed by atoms with Crippen molar-refractivity contribution >= 4 is 66.2 Å². The second-order valence-corrected chi connectivity index (χ2v) is 6.85. The number of amides is 1. The number of nitrogens with two attached hydrogens (primary N) is 1. The van der Waals surface area contributed by atoms with Gasteiger partial charge in [0.1, 0.15) is 4.88 Å². The van der Waals surface area contributed by atoms with E-state index in [2.05, 4.69) is 21.2 Å². The van der Waals surface area contributed by atoms with E-state index in [1.54, 1.807) is 12.1 Å². The summed E-state index contributed by atoms with van der Waals surface area (Å²) in [7, 11) is 0. The van der Waals surface area contributed by atoms with Crippen LogP contribution in [0.4, 0.5) is 11.4 Å². The molecule has 0 unspecified atom stereocenters. The molecule has 0 fully saturated rings. The first-order valence-corrected chi connectivity index (χ1v) is 8.08. The number of thiophene rings is 1. The molecule has 0 saturated heterocycles. The molecule has 2 aromatic carbocycles. The summed E-state index contributed by atoms with van der Waals surface area (Å²) in [4.78, 5) is 12.9. The van der Waals surface area contributed by atoms with Gasteiger partial charge >= 0.3 is 0 Å². The van der Waals surface area contributed by atoms with Crippen LogP contribution in [0.2, 0.25) is 5.02 Å². The van der Waals surface area contributed by atoms with E-state index in [-0.39, 0.29) is 5.91 Å². The molecule has 0 bridgehead atoms. The van der Waals surface area contributed by atoms with Gasteiger partial charge in [0.05, 0.1) is 5.69 Å². The lowest BCUT2D eigenvalue weighted by molar-refractivity contribution is 0.103. The number of hydrogen-bond acceptors (Lipinski definition) is 3. The van der Waals surface area contributed by atoms with Crippen LogP contribution < -0.4 is 11.1 Å². The number of carbonyl (C=O) groups is 1. The van der Waals surface area contributed by atoms with Crippen molar-refractivity contribution in [3.8, 4) is 0 Å². The maximum Gasteiger partial charge on any atom is 0.267 e. The van der Waals surface area contributed by atoms with Crippen LogP contribution >= 0.6 is 38.9 Å². The smallest absolute Gasteiger partial charge is 0.267 e. The number of nitrogens with one attached hydrogen (secondary N) is 1. The van der Waals surface area contributed by atoms with Crippen molar-refractivity contribution < 1.29 is 4.79 Å². The number of anilines is 2. The second kappa shape index (κ2) is 5.67. The zero-order valence-electron chi connectivity index (χ0n) is 10.7. The van der Waals surface area contributed by atoms with Gasteiger partial charge in [-0.2, -0.15) is 0 Å². The van der Waals surface area contributed by atoms with E-state index in [1.165, 1.54) is 11.3 Å². The Morgan fingerprint density at radius 1 is 1.24 bits per heavy atom. The fourth-order valence-corrected chi connectivity index (χ4v) is 3.58. The zero-order valence-corrected chi connectivity index (χ0v) is 13.8. The van der Waals surface area contributed by atoms with E-state index in [0.29, 0.717) is 21.3 Å². The van der Waals surface area contributed by atoms with Gasteiger partial charge in [0.2, 0.25) is 0 Å². The fourth-order valence-electron chi connectivity index (χ4n) is 2.01. The Morgan fingerprint density at radius 3 is 2.81 bits per heavy atom. The van der Waals surface area contributed by atoms with Gasteiger partial charge in [-0.3, -0.25) is 4.79 Å². The van der Waals surface area contributed by atoms with Crippen LogP contribution in [0.5, 0.6) is 0 Å². The lowest BCUT2D eigenvalue weighted by Crippen LogP contribution is -2.11. The van der Waals surface area contributed by atoms with Gasteiger partial charge < -0.3 is 11.1 Å². The highest BCUT2D eigenvalue weighted by molar-refractivity contribution is 9.10. The van der Waals surface area contributed by atoms with Crippen molar-refractivity contribution in [2.45, 2.75) is 0 Å². The summed E-state index contributed by atoms with van der Waals surface area (Å²) in [6.07, 6.45) is 0. The van der Waals surface area contributed by atoms with E-state index < -0.39 is 0 Å². The van der Waals surface area contributed by atoms with Gasteiger partial charge in [0.15, 0.2) is 0 Å². The number of halogens is 2. The van der Waals surface area contributed by atoms with Crippen molar-refractivity contribution in [2.24, 2.45) is 0 Å². The highest BCUT2D eigenvalue weighted by Gasteiger charge is 2.16. The summed E-state index contributed by atoms with van der Waals surface area (Å²) in [6, 6.07) is 12.8. The van der Waals surface area contributed by atoms with Crippen LogP contribution in [0.15, 0.2) is 46.9 Å². The number of nitrogen functional groups attached to an aromatic ring is 1. The van der Waals surface area contributed by atoms with E-state index >= 15 is 0 Å². The lowest BCUT2D eigenvalue weighted by Gasteiger charge is -2.04. The summed E-state index contributed by atoms with van der Waals surface area (Å²) in [5.74, 6) is -0.220. The summed E-state index contributed by atoms with van der Waals surface area (Å²) < 4.78 is 1.84. The molecule has 0 spiro atoms. The molecule has 0 aliphatic heterocycles. The quantitative estimate of drug-likeness (QED) is 0.645. The molecule has 0 atom stereocenters. The Morgan fingerprint density at radius 2 is 2.05 bits per heavy atom. The maximum atomic E-state index is 12.4. The number of rotatable bonds is 2. The predicted octanol–water partition coefficient (Wildman–Crippen LogP) is 5.15. The standard InChI is InChI=1S/C15H10BrClN2OS/c16-8-2-1-3-10(6-8)19-15(20)14-13(18)11-7-9(17)4-5-12(11)21-14/h1-7H,18H2,(H,19,20). The Kier molecular flexibility index (Phi) is 3.89. The maximum absolute atomic E-state index is 12.4. The van der Waals surface area contributed by atoms with E-state index in [0.717, 1.165) is 14.6 Å². The second-order valence-electron chi connectivity index (χ2n) is 4.45. The Balaban J connectivity index is 1.96. The third-order valence-electron chi connectivity index (χ3n) is 2.98. The zero-order chi connectivity index (χ0) is 15.0. The van der Waals surface area contributed by atoms with Gasteiger partial charge in [0.25, 0.3) is 5.91 Å². The number of benzene rings is 2. The minimum atomic E-state index is -0.220. The van der Waals surface area contributed by atoms with Crippen LogP contribution in [0.25, 0.3) is 10.1 Å². The molecule has 1 amide bonds. The van der Waals surface area contributed by atoms with Crippen molar-refractivity contribution in [1.82, 2.24) is 0 Å². The molecule has 0 radical (unpaired) electrons. The third kappa shape index (κ3) is 2.90. The molecular formula is C15H10BrClN2OS. The van der Waals surface area contributed by atoms with Crippen LogP contribution in [0.1, 0.15) is 9.67 Å². The molecule has 0 aliphatic rings. The monoisotopic (exact) mass is 380 g/mol. The van der Waals surface area contributed by atoms with E-state index in [9.17, 15) is 4.79 Å². The molecule has 106 valence electrons. The van der Waals surface area contributed by atoms with E-state index in [1.807, 2.05) is 30.3 Å². The first-order chi connectivity index (χ1) is 10.0. The van der Waals surface area contributed by atoms with Crippen LogP contribution in [0.3, 0.4) is 0 Å². The first-order valence-electron chi connectivity index (χ1n) is 6.09. The van der Waals surface area contributed by atoms with Crippen LogP contribution in [-0.2, 0) is 0 Å². The Hall–Kier alpha value is -1.56. The van der Waals surface area contributed by atoms with Crippen LogP contribution in [0, 0.1) is 0 Å². The van der Waals surface area contributed by atoms with Gasteiger partial charge in [-0.05, 0) is 36.4 Å². The first kappa shape index (κ1) is 14.4. The number of fused-ring (bicyclic) bond motifs is 1. The summed E-state index contributed by atoms with van der Waals surface area (Å²) in [5, 5.41) is 4.26. The van der Waals surface area contributed by atoms with Gasteiger partial charge in [0, 0.05) is 25.3 Å². The van der Waals surface area contributed by atoms with Crippen molar-refractivity contribution in [3.63, 3.8) is 0 Å². The molecule has 3 aromatic rings. The minimum Gasteiger partial charge on any atom is -0.397 e. The summed E-state index contributed by atoms with van der Waals surface area (Å²) in [5.41, 5.74) is 7.25. The van der Waals surface area contributed by atoms with Gasteiger partial charge in [-0.15, -0.1) is 11.3 Å². The molecule has 3 nitrogen and oxygen atoms in total. The molecule has 21 heavy (non-hydrogen) atoms. The highest BCUT2D eigenvalue weighted by Crippen LogP contribution is 2.35. The molecule has 0 aliphatic carbocycles. The lowest BCUT2D eigenvalue weighted by atomic mass is 10.2. The Bertz CT molecular complexity index is 847. The molecule has 6 heteroatoms. The minimum absolute atomic E-state index is 0.220. The fraction of sp³-hybridized carbons (Fsp3) is 0. The summed E-state index contributed by atoms with van der Waals surface area (Å²) >= 11 is 10.7. The number of carbonyl (C=O) groups excluding carboxylic acids is 1. The highest BCUT2D eigenvalue weighted by atomic mass is 79.9. The largest absolute Gasteiger partial charge is 0.397 e. The molecule has 0 saturated carbocycles. The Labute approximate surface area is 138 Å². The molecule has 3 N–H and O–H groups in total. The molecule has 3 rings (SSSR count). The van der Waals surface area contributed by atoms with Crippen LogP contribution in [-0.4, -0.2) is 5.91 Å².